The molecule has 3 heteroatoms. The summed E-state index contributed by atoms with van der Waals surface area (Å²) in [5, 5.41) is 0. The van der Waals surface area contributed by atoms with E-state index in [0.29, 0.717) is 17.9 Å². The molecule has 0 saturated carbocycles. The third-order valence-corrected chi connectivity index (χ3v) is 4.04. The van der Waals surface area contributed by atoms with Crippen LogP contribution in [0.5, 0.6) is 0 Å². The van der Waals surface area contributed by atoms with E-state index < -0.39 is 0 Å². The van der Waals surface area contributed by atoms with Crippen LogP contribution in [0.2, 0.25) is 0 Å². The van der Waals surface area contributed by atoms with Crippen molar-refractivity contribution >= 4 is 11.8 Å². The van der Waals surface area contributed by atoms with Crippen molar-refractivity contribution in [2.45, 2.75) is 45.6 Å². The standard InChI is InChI=1S/C15H20O3/c1-9-8-14-13(11(3)15(17)18-14)7-6-12(9)5-4-10(2)16/h6,9,13-14H,3-5,7-8H2,1-2H3/t9-,13+,14-/m1/s1. The van der Waals surface area contributed by atoms with E-state index in [9.17, 15) is 9.59 Å². The van der Waals surface area contributed by atoms with E-state index in [1.807, 2.05) is 0 Å². The van der Waals surface area contributed by atoms with Crippen LogP contribution in [-0.2, 0) is 14.3 Å². The fourth-order valence-corrected chi connectivity index (χ4v) is 2.83. The second kappa shape index (κ2) is 5.09. The van der Waals surface area contributed by atoms with Gasteiger partial charge in [-0.05, 0) is 32.1 Å². The Morgan fingerprint density at radius 1 is 1.56 bits per heavy atom. The topological polar surface area (TPSA) is 43.4 Å². The molecule has 1 aliphatic carbocycles. The molecule has 0 bridgehead atoms. The number of ketones is 1. The zero-order chi connectivity index (χ0) is 13.3. The maximum absolute atomic E-state index is 11.5. The van der Waals surface area contributed by atoms with Crippen molar-refractivity contribution in [2.24, 2.45) is 11.8 Å². The van der Waals surface area contributed by atoms with Gasteiger partial charge in [0.25, 0.3) is 0 Å². The molecule has 98 valence electrons. The number of ether oxygens (including phenoxy) is 1. The van der Waals surface area contributed by atoms with Gasteiger partial charge in [-0.15, -0.1) is 0 Å². The number of esters is 1. The highest BCUT2D eigenvalue weighted by Crippen LogP contribution is 2.39. The van der Waals surface area contributed by atoms with Crippen molar-refractivity contribution in [1.29, 1.82) is 0 Å². The van der Waals surface area contributed by atoms with Crippen LogP contribution in [0.1, 0.15) is 39.5 Å². The lowest BCUT2D eigenvalue weighted by Crippen LogP contribution is -2.17. The fourth-order valence-electron chi connectivity index (χ4n) is 2.83. The van der Waals surface area contributed by atoms with Gasteiger partial charge in [-0.3, -0.25) is 0 Å². The van der Waals surface area contributed by atoms with Crippen LogP contribution in [0.15, 0.2) is 23.8 Å². The van der Waals surface area contributed by atoms with Crippen LogP contribution in [0.25, 0.3) is 0 Å². The van der Waals surface area contributed by atoms with E-state index >= 15 is 0 Å². The van der Waals surface area contributed by atoms with Gasteiger partial charge < -0.3 is 9.53 Å². The Labute approximate surface area is 108 Å². The van der Waals surface area contributed by atoms with Gasteiger partial charge in [0.1, 0.15) is 11.9 Å². The minimum atomic E-state index is -0.238. The average molecular weight is 248 g/mol. The van der Waals surface area contributed by atoms with Crippen LogP contribution in [0.4, 0.5) is 0 Å². The molecule has 1 heterocycles. The maximum Gasteiger partial charge on any atom is 0.334 e. The van der Waals surface area contributed by atoms with Gasteiger partial charge in [-0.1, -0.05) is 25.2 Å². The quantitative estimate of drug-likeness (QED) is 0.438. The number of carbonyl (C=O) groups excluding carboxylic acids is 2. The van der Waals surface area contributed by atoms with E-state index in [1.54, 1.807) is 6.92 Å². The first-order chi connectivity index (χ1) is 8.49. The molecule has 0 aromatic carbocycles. The summed E-state index contributed by atoms with van der Waals surface area (Å²) in [6.07, 6.45) is 5.26. The molecule has 0 radical (unpaired) electrons. The Morgan fingerprint density at radius 3 is 2.94 bits per heavy atom. The number of rotatable bonds is 3. The molecule has 0 aromatic rings. The first-order valence-electron chi connectivity index (χ1n) is 6.57. The predicted octanol–water partition coefficient (Wildman–Crippen LogP) is 2.81. The second-order valence-corrected chi connectivity index (χ2v) is 5.43. The van der Waals surface area contributed by atoms with Crippen molar-refractivity contribution < 1.29 is 14.3 Å². The molecule has 0 amide bonds. The SMILES string of the molecule is C=C1C(=O)O[C@@H]2C[C@@H](C)C(CCC(C)=O)=CC[C@@H]12. The number of hydrogen-bond donors (Lipinski definition) is 0. The lowest BCUT2D eigenvalue weighted by molar-refractivity contribution is -0.139. The second-order valence-electron chi connectivity index (χ2n) is 5.43. The van der Waals surface area contributed by atoms with Crippen molar-refractivity contribution in [3.63, 3.8) is 0 Å². The van der Waals surface area contributed by atoms with Gasteiger partial charge in [0.05, 0.1) is 0 Å². The van der Waals surface area contributed by atoms with Gasteiger partial charge in [-0.2, -0.15) is 0 Å². The number of Topliss-reactive ketones (excluding diaryl/α,β-unsaturated/α-hetero) is 1. The molecule has 1 aliphatic heterocycles. The Balaban J connectivity index is 2.08. The smallest absolute Gasteiger partial charge is 0.334 e. The first kappa shape index (κ1) is 13.1. The van der Waals surface area contributed by atoms with E-state index in [1.165, 1.54) is 5.57 Å². The summed E-state index contributed by atoms with van der Waals surface area (Å²) in [6, 6.07) is 0. The van der Waals surface area contributed by atoms with Gasteiger partial charge in [0.2, 0.25) is 0 Å². The summed E-state index contributed by atoms with van der Waals surface area (Å²) < 4.78 is 5.36. The summed E-state index contributed by atoms with van der Waals surface area (Å²) >= 11 is 0. The molecule has 2 aliphatic rings. The Bertz CT molecular complexity index is 419. The normalized spacial score (nSPS) is 31.4. The minimum absolute atomic E-state index is 0.0221. The summed E-state index contributed by atoms with van der Waals surface area (Å²) in [7, 11) is 0. The highest BCUT2D eigenvalue weighted by atomic mass is 16.6. The van der Waals surface area contributed by atoms with Crippen molar-refractivity contribution in [3.8, 4) is 0 Å². The maximum atomic E-state index is 11.5. The molecule has 2 rings (SSSR count). The predicted molar refractivity (Wildman–Crippen MR) is 68.9 cm³/mol. The fraction of sp³-hybridized carbons (Fsp3) is 0.600. The Hall–Kier alpha value is -1.38. The number of allylic oxidation sites excluding steroid dienone is 2. The lowest BCUT2D eigenvalue weighted by atomic mass is 9.90. The molecule has 3 nitrogen and oxygen atoms in total. The number of hydrogen-bond acceptors (Lipinski definition) is 3. The average Bonchev–Trinajstić information content (AvgIpc) is 2.46. The highest BCUT2D eigenvalue weighted by molar-refractivity contribution is 5.90. The molecule has 0 spiro atoms. The van der Waals surface area contributed by atoms with Gasteiger partial charge in [-0.25, -0.2) is 4.79 Å². The van der Waals surface area contributed by atoms with Gasteiger partial charge >= 0.3 is 5.97 Å². The van der Waals surface area contributed by atoms with Gasteiger partial charge in [0.15, 0.2) is 0 Å². The Morgan fingerprint density at radius 2 is 2.28 bits per heavy atom. The van der Waals surface area contributed by atoms with Crippen LogP contribution < -0.4 is 0 Å². The van der Waals surface area contributed by atoms with E-state index in [2.05, 4.69) is 19.6 Å². The summed E-state index contributed by atoms with van der Waals surface area (Å²) in [5.41, 5.74) is 1.93. The third kappa shape index (κ3) is 2.55. The molecule has 0 aromatic heterocycles. The van der Waals surface area contributed by atoms with Crippen molar-refractivity contribution in [1.82, 2.24) is 0 Å². The monoisotopic (exact) mass is 248 g/mol. The molecule has 1 saturated heterocycles. The molecular weight excluding hydrogens is 228 g/mol. The Kier molecular flexibility index (Phi) is 3.69. The highest BCUT2D eigenvalue weighted by Gasteiger charge is 2.40. The van der Waals surface area contributed by atoms with Crippen molar-refractivity contribution in [2.75, 3.05) is 0 Å². The van der Waals surface area contributed by atoms with Crippen molar-refractivity contribution in [3.05, 3.63) is 23.8 Å². The summed E-state index contributed by atoms with van der Waals surface area (Å²) in [6.45, 7) is 7.60. The third-order valence-electron chi connectivity index (χ3n) is 4.04. The van der Waals surface area contributed by atoms with E-state index in [4.69, 9.17) is 4.74 Å². The molecule has 0 unspecified atom stereocenters. The van der Waals surface area contributed by atoms with E-state index in [-0.39, 0.29) is 23.8 Å². The van der Waals surface area contributed by atoms with Crippen LogP contribution in [0.3, 0.4) is 0 Å². The molecule has 1 fully saturated rings. The van der Waals surface area contributed by atoms with Crippen LogP contribution >= 0.6 is 0 Å². The van der Waals surface area contributed by atoms with Crippen LogP contribution in [-0.4, -0.2) is 17.9 Å². The first-order valence-corrected chi connectivity index (χ1v) is 6.57. The zero-order valence-corrected chi connectivity index (χ0v) is 11.1. The molecule has 18 heavy (non-hydrogen) atoms. The lowest BCUT2D eigenvalue weighted by Gasteiger charge is -2.18. The molecule has 0 N–H and O–H groups in total. The van der Waals surface area contributed by atoms with Crippen LogP contribution in [0, 0.1) is 11.8 Å². The molecule has 3 atom stereocenters. The van der Waals surface area contributed by atoms with Gasteiger partial charge in [0, 0.05) is 17.9 Å². The minimum Gasteiger partial charge on any atom is -0.458 e. The number of fused-ring (bicyclic) bond motifs is 1. The summed E-state index contributed by atoms with van der Waals surface area (Å²) in [4.78, 5) is 22.5. The summed E-state index contributed by atoms with van der Waals surface area (Å²) in [5.74, 6) is 0.494. The van der Waals surface area contributed by atoms with E-state index in [0.717, 1.165) is 19.3 Å². The number of carbonyl (C=O) groups is 2. The molecular formula is C15H20O3. The largest absolute Gasteiger partial charge is 0.458 e. The zero-order valence-electron chi connectivity index (χ0n) is 11.1.